The minimum absolute atomic E-state index is 0.638. The van der Waals surface area contributed by atoms with Crippen molar-refractivity contribution in [1.29, 1.82) is 0 Å². The molecule has 1 rings (SSSR count). The van der Waals surface area contributed by atoms with E-state index in [4.69, 9.17) is 0 Å². The molecule has 0 saturated carbocycles. The molecule has 1 aliphatic rings. The first-order valence-corrected chi connectivity index (χ1v) is 8.12. The first-order valence-electron chi connectivity index (χ1n) is 8.12. The van der Waals surface area contributed by atoms with Crippen LogP contribution < -0.4 is 5.32 Å². The highest BCUT2D eigenvalue weighted by Crippen LogP contribution is 2.33. The lowest BCUT2D eigenvalue weighted by atomic mass is 9.83. The molecule has 0 fully saturated rings. The van der Waals surface area contributed by atoms with Gasteiger partial charge in [-0.3, -0.25) is 0 Å². The van der Waals surface area contributed by atoms with Crippen LogP contribution in [0.3, 0.4) is 0 Å². The molecule has 1 N–H and O–H groups in total. The topological polar surface area (TPSA) is 12.0 Å². The largest absolute Gasteiger partial charge is 0.389 e. The van der Waals surface area contributed by atoms with Crippen LogP contribution >= 0.6 is 0 Å². The predicted octanol–water partition coefficient (Wildman–Crippen LogP) is 5.69. The molecule has 1 heteroatoms. The zero-order chi connectivity index (χ0) is 15.8. The third kappa shape index (κ3) is 5.79. The summed E-state index contributed by atoms with van der Waals surface area (Å²) in [5, 5.41) is 3.29. The monoisotopic (exact) mass is 285 g/mol. The fourth-order valence-electron chi connectivity index (χ4n) is 2.67. The Hall–Kier alpha value is -1.50. The van der Waals surface area contributed by atoms with Gasteiger partial charge >= 0.3 is 0 Å². The number of nitrogens with one attached hydrogen (secondary N) is 1. The van der Waals surface area contributed by atoms with Crippen LogP contribution in [0.1, 0.15) is 52.9 Å². The van der Waals surface area contributed by atoms with Crippen LogP contribution in [-0.2, 0) is 0 Å². The van der Waals surface area contributed by atoms with Crippen LogP contribution in [-0.4, -0.2) is 6.54 Å². The van der Waals surface area contributed by atoms with Crippen molar-refractivity contribution < 1.29 is 0 Å². The van der Waals surface area contributed by atoms with Crippen molar-refractivity contribution in [3.05, 3.63) is 59.9 Å². The number of hydrogen-bond acceptors (Lipinski definition) is 1. The molecule has 0 aromatic rings. The summed E-state index contributed by atoms with van der Waals surface area (Å²) in [5.41, 5.74) is 6.27. The third-order valence-corrected chi connectivity index (χ3v) is 4.19. The molecule has 0 saturated heterocycles. The Morgan fingerprint density at radius 2 is 2.00 bits per heavy atom. The van der Waals surface area contributed by atoms with Gasteiger partial charge in [0, 0.05) is 12.2 Å². The molecule has 1 aliphatic carbocycles. The Balaban J connectivity index is 2.45. The van der Waals surface area contributed by atoms with Crippen LogP contribution in [0.25, 0.3) is 0 Å². The minimum Gasteiger partial charge on any atom is -0.389 e. The smallest absolute Gasteiger partial charge is 0.0143 e. The van der Waals surface area contributed by atoms with Gasteiger partial charge in [-0.05, 0) is 55.2 Å². The summed E-state index contributed by atoms with van der Waals surface area (Å²) >= 11 is 0. The number of unbranched alkanes of at least 4 members (excludes halogenated alkanes) is 1. The second-order valence-corrected chi connectivity index (χ2v) is 6.16. The van der Waals surface area contributed by atoms with Crippen molar-refractivity contribution in [2.75, 3.05) is 6.54 Å². The lowest BCUT2D eigenvalue weighted by Crippen LogP contribution is -2.12. The van der Waals surface area contributed by atoms with Crippen LogP contribution in [0.15, 0.2) is 59.9 Å². The summed E-state index contributed by atoms with van der Waals surface area (Å²) in [5.74, 6) is 0.638. The summed E-state index contributed by atoms with van der Waals surface area (Å²) in [7, 11) is 0. The number of rotatable bonds is 9. The lowest BCUT2D eigenvalue weighted by Gasteiger charge is -2.23. The van der Waals surface area contributed by atoms with Gasteiger partial charge in [-0.2, -0.15) is 0 Å². The van der Waals surface area contributed by atoms with E-state index in [1.807, 2.05) is 6.92 Å². The second-order valence-electron chi connectivity index (χ2n) is 6.16. The third-order valence-electron chi connectivity index (χ3n) is 4.19. The van der Waals surface area contributed by atoms with E-state index < -0.39 is 0 Å². The van der Waals surface area contributed by atoms with Gasteiger partial charge in [0.15, 0.2) is 0 Å². The Kier molecular flexibility index (Phi) is 7.28. The van der Waals surface area contributed by atoms with Gasteiger partial charge in [0.05, 0.1) is 0 Å². The van der Waals surface area contributed by atoms with Gasteiger partial charge in [0.2, 0.25) is 0 Å². The SMILES string of the molecule is C=C(C)NCCCCC(C)C1=CC=C(C(=C)CC)C(=C)C1. The van der Waals surface area contributed by atoms with Crippen molar-refractivity contribution in [1.82, 2.24) is 5.32 Å². The molecule has 0 bridgehead atoms. The fraction of sp³-hybridized carbons (Fsp3) is 0.500. The maximum Gasteiger partial charge on any atom is 0.0143 e. The minimum atomic E-state index is 0.638. The Labute approximate surface area is 131 Å². The molecular formula is C20H31N. The zero-order valence-electron chi connectivity index (χ0n) is 14.1. The Bertz CT molecular complexity index is 462. The summed E-state index contributed by atoms with van der Waals surface area (Å²) < 4.78 is 0. The molecule has 0 heterocycles. The van der Waals surface area contributed by atoms with Crippen LogP contribution in [0.5, 0.6) is 0 Å². The second kappa shape index (κ2) is 8.71. The van der Waals surface area contributed by atoms with E-state index in [0.717, 1.165) is 25.1 Å². The Morgan fingerprint density at radius 3 is 2.57 bits per heavy atom. The van der Waals surface area contributed by atoms with Crippen LogP contribution in [0.4, 0.5) is 0 Å². The molecule has 0 spiro atoms. The molecule has 1 unspecified atom stereocenters. The maximum atomic E-state index is 4.24. The van der Waals surface area contributed by atoms with E-state index in [0.29, 0.717) is 5.92 Å². The summed E-state index contributed by atoms with van der Waals surface area (Å²) in [4.78, 5) is 0. The molecule has 0 aromatic carbocycles. The molecule has 1 atom stereocenters. The van der Waals surface area contributed by atoms with Crippen LogP contribution in [0.2, 0.25) is 0 Å². The van der Waals surface area contributed by atoms with Crippen molar-refractivity contribution in [2.24, 2.45) is 5.92 Å². The fourth-order valence-corrected chi connectivity index (χ4v) is 2.67. The standard InChI is InChI=1S/C20H31N/c1-7-16(4)20-12-11-19(14-18(20)6)17(5)10-8-9-13-21-15(2)3/h11-12,17,21H,2,4,6-10,13-14H2,1,3,5H3. The molecule has 0 amide bonds. The highest BCUT2D eigenvalue weighted by atomic mass is 14.9. The molecule has 0 aliphatic heterocycles. The summed E-state index contributed by atoms with van der Waals surface area (Å²) in [6.07, 6.45) is 10.2. The van der Waals surface area contributed by atoms with Crippen LogP contribution in [0, 0.1) is 5.92 Å². The molecule has 0 radical (unpaired) electrons. The molecule has 116 valence electrons. The average Bonchev–Trinajstić information content (AvgIpc) is 2.45. The highest BCUT2D eigenvalue weighted by molar-refractivity contribution is 5.51. The van der Waals surface area contributed by atoms with Crippen molar-refractivity contribution in [2.45, 2.75) is 52.9 Å². The quantitative estimate of drug-likeness (QED) is 0.536. The van der Waals surface area contributed by atoms with Crippen molar-refractivity contribution >= 4 is 0 Å². The van der Waals surface area contributed by atoms with Gasteiger partial charge in [-0.1, -0.05) is 57.7 Å². The van der Waals surface area contributed by atoms with E-state index in [9.17, 15) is 0 Å². The molecule has 1 nitrogen and oxygen atoms in total. The maximum absolute atomic E-state index is 4.24. The molecule has 21 heavy (non-hydrogen) atoms. The predicted molar refractivity (Wildman–Crippen MR) is 95.2 cm³/mol. The lowest BCUT2D eigenvalue weighted by molar-refractivity contribution is 0.541. The van der Waals surface area contributed by atoms with Gasteiger partial charge in [-0.15, -0.1) is 0 Å². The van der Waals surface area contributed by atoms with E-state index in [1.54, 1.807) is 0 Å². The van der Waals surface area contributed by atoms with E-state index in [1.165, 1.54) is 41.6 Å². The average molecular weight is 285 g/mol. The van der Waals surface area contributed by atoms with E-state index >= 15 is 0 Å². The first kappa shape index (κ1) is 17.6. The van der Waals surface area contributed by atoms with Crippen molar-refractivity contribution in [3.63, 3.8) is 0 Å². The molecular weight excluding hydrogens is 254 g/mol. The van der Waals surface area contributed by atoms with Gasteiger partial charge in [-0.25, -0.2) is 0 Å². The summed E-state index contributed by atoms with van der Waals surface area (Å²) in [6, 6.07) is 0. The number of hydrogen-bond donors (Lipinski definition) is 1. The number of allylic oxidation sites excluding steroid dienone is 7. The van der Waals surface area contributed by atoms with E-state index in [-0.39, 0.29) is 0 Å². The Morgan fingerprint density at radius 1 is 1.29 bits per heavy atom. The van der Waals surface area contributed by atoms with Gasteiger partial charge in [0.25, 0.3) is 0 Å². The zero-order valence-corrected chi connectivity index (χ0v) is 14.1. The van der Waals surface area contributed by atoms with Crippen molar-refractivity contribution in [3.8, 4) is 0 Å². The first-order chi connectivity index (χ1) is 9.95. The van der Waals surface area contributed by atoms with Gasteiger partial charge < -0.3 is 5.32 Å². The van der Waals surface area contributed by atoms with E-state index in [2.05, 4.69) is 51.1 Å². The summed E-state index contributed by atoms with van der Waals surface area (Å²) in [6.45, 7) is 19.7. The normalized spacial score (nSPS) is 16.0. The van der Waals surface area contributed by atoms with Gasteiger partial charge in [0.1, 0.15) is 0 Å². The molecule has 0 aromatic heterocycles. The highest BCUT2D eigenvalue weighted by Gasteiger charge is 2.16.